The second-order valence-corrected chi connectivity index (χ2v) is 8.93. The number of carbonyl (C=O) groups is 1. The molecule has 0 spiro atoms. The Morgan fingerprint density at radius 1 is 1.19 bits per heavy atom. The maximum absolute atomic E-state index is 12.7. The second-order valence-electron chi connectivity index (χ2n) is 7.60. The van der Waals surface area contributed by atoms with Gasteiger partial charge in [0.2, 0.25) is 0 Å². The summed E-state index contributed by atoms with van der Waals surface area (Å²) >= 11 is 1.14. The van der Waals surface area contributed by atoms with Gasteiger partial charge in [-0.15, -0.1) is 0 Å². The van der Waals surface area contributed by atoms with E-state index in [1.807, 2.05) is 0 Å². The van der Waals surface area contributed by atoms with Gasteiger partial charge in [-0.25, -0.2) is 14.8 Å². The van der Waals surface area contributed by atoms with E-state index < -0.39 is 16.5 Å². The van der Waals surface area contributed by atoms with Crippen LogP contribution in [0, 0.1) is 5.41 Å². The van der Waals surface area contributed by atoms with Crippen LogP contribution in [0.25, 0.3) is 11.0 Å². The number of aryl methyl sites for hydroxylation is 1. The third-order valence-corrected chi connectivity index (χ3v) is 4.97. The maximum atomic E-state index is 12.7. The largest absolute Gasteiger partial charge is 0.465 e. The highest BCUT2D eigenvalue weighted by atomic mass is 32.2. The number of nitrogens with zero attached hydrogens (tertiary/aromatic N) is 4. The molecule has 9 heteroatoms. The van der Waals surface area contributed by atoms with Crippen LogP contribution in [0.2, 0.25) is 0 Å². The molecule has 0 radical (unpaired) electrons. The molecule has 1 atom stereocenters. The van der Waals surface area contributed by atoms with E-state index in [9.17, 15) is 14.4 Å². The Hall–Kier alpha value is -2.16. The average Bonchev–Trinajstić information content (AvgIpc) is 2.56. The van der Waals surface area contributed by atoms with E-state index in [1.165, 1.54) is 11.6 Å². The van der Waals surface area contributed by atoms with Crippen molar-refractivity contribution in [1.29, 1.82) is 0 Å². The third-order valence-electron chi connectivity index (χ3n) is 3.91. The molecule has 0 unspecified atom stereocenters. The van der Waals surface area contributed by atoms with E-state index in [0.717, 1.165) is 16.3 Å². The highest BCUT2D eigenvalue weighted by Crippen LogP contribution is 2.28. The Morgan fingerprint density at radius 3 is 2.37 bits per heavy atom. The fourth-order valence-corrected chi connectivity index (χ4v) is 3.54. The summed E-state index contributed by atoms with van der Waals surface area (Å²) in [5.74, 6) is 0.144. The fourth-order valence-electron chi connectivity index (χ4n) is 2.59. The van der Waals surface area contributed by atoms with Crippen LogP contribution in [0.3, 0.4) is 0 Å². The number of hydrogen-bond acceptors (Lipinski definition) is 7. The Bertz CT molecular complexity index is 988. The zero-order valence-electron chi connectivity index (χ0n) is 16.8. The predicted octanol–water partition coefficient (Wildman–Crippen LogP) is 1.66. The molecule has 2 aromatic rings. The zero-order chi connectivity index (χ0) is 20.5. The molecule has 0 bridgehead atoms. The number of rotatable bonds is 5. The molecule has 0 saturated carbocycles. The fraction of sp³-hybridized carbons (Fsp3) is 0.611. The second kappa shape index (κ2) is 7.84. The first-order valence-electron chi connectivity index (χ1n) is 8.76. The van der Waals surface area contributed by atoms with Gasteiger partial charge in [0.1, 0.15) is 21.5 Å². The van der Waals surface area contributed by atoms with Crippen molar-refractivity contribution in [3.8, 4) is 0 Å². The summed E-state index contributed by atoms with van der Waals surface area (Å²) < 4.78 is 7.41. The van der Waals surface area contributed by atoms with E-state index in [4.69, 9.17) is 4.74 Å². The summed E-state index contributed by atoms with van der Waals surface area (Å²) in [5.41, 5.74) is -0.742. The van der Waals surface area contributed by atoms with Gasteiger partial charge in [-0.1, -0.05) is 32.5 Å². The molecule has 27 heavy (non-hydrogen) atoms. The molecule has 0 aromatic carbocycles. The Balaban J connectivity index is 2.73. The highest BCUT2D eigenvalue weighted by Gasteiger charge is 2.24. The van der Waals surface area contributed by atoms with Crippen molar-refractivity contribution in [3.05, 3.63) is 26.7 Å². The number of hydrogen-bond donors (Lipinski definition) is 0. The minimum Gasteiger partial charge on any atom is -0.465 e. The van der Waals surface area contributed by atoms with Gasteiger partial charge in [0, 0.05) is 20.5 Å². The summed E-state index contributed by atoms with van der Waals surface area (Å²) in [5, 5.41) is 0.0712. The first-order valence-corrected chi connectivity index (χ1v) is 9.64. The number of esters is 1. The lowest BCUT2D eigenvalue weighted by Crippen LogP contribution is -2.38. The molecular weight excluding hydrogens is 368 g/mol. The molecule has 0 aliphatic carbocycles. The van der Waals surface area contributed by atoms with Gasteiger partial charge in [0.15, 0.2) is 5.65 Å². The molecule has 2 aromatic heterocycles. The minimum atomic E-state index is -0.549. The van der Waals surface area contributed by atoms with Gasteiger partial charge < -0.3 is 4.74 Å². The van der Waals surface area contributed by atoms with Crippen LogP contribution in [0.5, 0.6) is 0 Å². The van der Waals surface area contributed by atoms with Crippen molar-refractivity contribution >= 4 is 28.8 Å². The van der Waals surface area contributed by atoms with Gasteiger partial charge >= 0.3 is 11.7 Å². The zero-order valence-corrected chi connectivity index (χ0v) is 17.6. The average molecular weight is 394 g/mol. The molecule has 2 rings (SSSR count). The molecule has 0 amide bonds. The van der Waals surface area contributed by atoms with Crippen molar-refractivity contribution in [2.75, 3.05) is 6.61 Å². The Morgan fingerprint density at radius 2 is 1.81 bits per heavy atom. The summed E-state index contributed by atoms with van der Waals surface area (Å²) in [7, 11) is 2.98. The van der Waals surface area contributed by atoms with E-state index >= 15 is 0 Å². The lowest BCUT2D eigenvalue weighted by atomic mass is 9.92. The van der Waals surface area contributed by atoms with Crippen LogP contribution < -0.4 is 11.2 Å². The molecule has 148 valence electrons. The number of thioether (sulfide) groups is 1. The molecule has 0 N–H and O–H groups in total. The van der Waals surface area contributed by atoms with Gasteiger partial charge in [0.05, 0.1) is 6.61 Å². The van der Waals surface area contributed by atoms with E-state index in [-0.39, 0.29) is 29.0 Å². The smallest absolute Gasteiger partial charge is 0.332 e. The van der Waals surface area contributed by atoms with Crippen LogP contribution in [-0.2, 0) is 30.0 Å². The van der Waals surface area contributed by atoms with Crippen molar-refractivity contribution in [1.82, 2.24) is 19.1 Å². The van der Waals surface area contributed by atoms with E-state index in [0.29, 0.717) is 17.3 Å². The predicted molar refractivity (Wildman–Crippen MR) is 105 cm³/mol. The van der Waals surface area contributed by atoms with E-state index in [2.05, 4.69) is 30.7 Å². The van der Waals surface area contributed by atoms with Crippen molar-refractivity contribution in [2.45, 2.75) is 51.3 Å². The number of carbonyl (C=O) groups excluding carboxylic acids is 1. The van der Waals surface area contributed by atoms with Crippen LogP contribution in [-0.4, -0.2) is 36.9 Å². The van der Waals surface area contributed by atoms with Crippen LogP contribution in [0.4, 0.5) is 0 Å². The van der Waals surface area contributed by atoms with Gasteiger partial charge in [-0.3, -0.25) is 18.7 Å². The molecule has 0 saturated heterocycles. The van der Waals surface area contributed by atoms with Crippen LogP contribution >= 0.6 is 11.8 Å². The first kappa shape index (κ1) is 21.1. The monoisotopic (exact) mass is 394 g/mol. The maximum Gasteiger partial charge on any atom is 0.332 e. The SMILES string of the molecule is CCOC(=O)[C@H](C)Sc1nc(CC(C)(C)C)nc2c1c(=O)n(C)c(=O)n2C. The highest BCUT2D eigenvalue weighted by molar-refractivity contribution is 8.00. The van der Waals surface area contributed by atoms with Gasteiger partial charge in [0.25, 0.3) is 5.56 Å². The third kappa shape index (κ3) is 4.58. The molecule has 8 nitrogen and oxygen atoms in total. The summed E-state index contributed by atoms with van der Waals surface area (Å²) in [6, 6.07) is 0. The number of fused-ring (bicyclic) bond motifs is 1. The topological polar surface area (TPSA) is 96.1 Å². The van der Waals surface area contributed by atoms with Crippen molar-refractivity contribution in [3.63, 3.8) is 0 Å². The summed E-state index contributed by atoms with van der Waals surface area (Å²) in [6.07, 6.45) is 0.563. The van der Waals surface area contributed by atoms with Crippen LogP contribution in [0.1, 0.15) is 40.4 Å². The minimum absolute atomic E-state index is 0.0824. The normalized spacial score (nSPS) is 13.0. The van der Waals surface area contributed by atoms with Crippen LogP contribution in [0.15, 0.2) is 14.6 Å². The molecule has 2 heterocycles. The van der Waals surface area contributed by atoms with Gasteiger partial charge in [-0.2, -0.15) is 0 Å². The molecule has 0 aliphatic rings. The number of aromatic nitrogens is 4. The quantitative estimate of drug-likeness (QED) is 0.432. The Labute approximate surface area is 162 Å². The Kier molecular flexibility index (Phi) is 6.14. The summed E-state index contributed by atoms with van der Waals surface area (Å²) in [6.45, 7) is 9.88. The van der Waals surface area contributed by atoms with Crippen molar-refractivity contribution in [2.24, 2.45) is 19.5 Å². The molecule has 0 fully saturated rings. The lowest BCUT2D eigenvalue weighted by Gasteiger charge is -2.19. The van der Waals surface area contributed by atoms with Crippen molar-refractivity contribution < 1.29 is 9.53 Å². The molecule has 0 aliphatic heterocycles. The molecular formula is C18H26N4O4S. The standard InChI is InChI=1S/C18H26N4O4S/c1-8-26-16(24)10(2)27-14-12-13(19-11(20-14)9-18(3,4)5)21(6)17(25)22(7)15(12)23/h10H,8-9H2,1-7H3/t10-/m0/s1. The van der Waals surface area contributed by atoms with Gasteiger partial charge in [-0.05, 0) is 19.3 Å². The lowest BCUT2D eigenvalue weighted by molar-refractivity contribution is -0.142. The van der Waals surface area contributed by atoms with E-state index in [1.54, 1.807) is 20.9 Å². The number of ether oxygens (including phenoxy) is 1. The summed E-state index contributed by atoms with van der Waals surface area (Å²) in [4.78, 5) is 46.1. The first-order chi connectivity index (χ1) is 12.5.